The van der Waals surface area contributed by atoms with Crippen molar-refractivity contribution in [1.82, 2.24) is 15.0 Å². The summed E-state index contributed by atoms with van der Waals surface area (Å²) in [6.45, 7) is 9.65. The van der Waals surface area contributed by atoms with Crippen molar-refractivity contribution in [3.63, 3.8) is 0 Å². The number of aromatic nitrogens is 3. The van der Waals surface area contributed by atoms with Gasteiger partial charge in [0.1, 0.15) is 0 Å². The highest BCUT2D eigenvalue weighted by Gasteiger charge is 2.23. The van der Waals surface area contributed by atoms with Gasteiger partial charge in [-0.2, -0.15) is 0 Å². The topological polar surface area (TPSA) is 71.2 Å². The molecule has 0 aliphatic rings. The third kappa shape index (κ3) is 3.70. The molecule has 0 unspecified atom stereocenters. The normalized spacial score (nSPS) is 10.8. The standard InChI is InChI=1S/C17H24N4O2/c1-5-9-20(10-6-2)16-15(17(22)23)18-21(19-16)14-8-7-12(3)11-13(14)4/h7-8,11H,5-6,9-10H2,1-4H3,(H,22,23). The van der Waals surface area contributed by atoms with Crippen LogP contribution < -0.4 is 4.90 Å². The van der Waals surface area contributed by atoms with Gasteiger partial charge in [0, 0.05) is 13.1 Å². The van der Waals surface area contributed by atoms with Gasteiger partial charge in [-0.25, -0.2) is 4.79 Å². The van der Waals surface area contributed by atoms with E-state index in [4.69, 9.17) is 0 Å². The maximum absolute atomic E-state index is 11.6. The molecule has 0 aliphatic carbocycles. The summed E-state index contributed by atoms with van der Waals surface area (Å²) in [5, 5.41) is 18.2. The number of aromatic carboxylic acids is 1. The minimum atomic E-state index is -1.05. The van der Waals surface area contributed by atoms with E-state index in [0.29, 0.717) is 5.82 Å². The lowest BCUT2D eigenvalue weighted by molar-refractivity contribution is 0.0690. The molecule has 1 aromatic heterocycles. The van der Waals surface area contributed by atoms with Crippen LogP contribution in [0.4, 0.5) is 5.82 Å². The number of anilines is 1. The molecule has 23 heavy (non-hydrogen) atoms. The Morgan fingerprint density at radius 2 is 1.83 bits per heavy atom. The summed E-state index contributed by atoms with van der Waals surface area (Å²) in [5.74, 6) is -0.602. The molecule has 0 amide bonds. The lowest BCUT2D eigenvalue weighted by Crippen LogP contribution is -2.27. The van der Waals surface area contributed by atoms with Crippen LogP contribution in [0.15, 0.2) is 18.2 Å². The molecule has 6 nitrogen and oxygen atoms in total. The Morgan fingerprint density at radius 3 is 2.35 bits per heavy atom. The molecular weight excluding hydrogens is 292 g/mol. The molecule has 2 aromatic rings. The van der Waals surface area contributed by atoms with Crippen LogP contribution in [-0.4, -0.2) is 39.2 Å². The second kappa shape index (κ2) is 7.26. The number of carboxylic acid groups (broad SMARTS) is 1. The Bertz CT molecular complexity index is 688. The fourth-order valence-corrected chi connectivity index (χ4v) is 2.65. The summed E-state index contributed by atoms with van der Waals surface area (Å²) in [5.41, 5.74) is 2.97. The van der Waals surface area contributed by atoms with Crippen molar-refractivity contribution in [2.45, 2.75) is 40.5 Å². The van der Waals surface area contributed by atoms with E-state index in [1.807, 2.05) is 36.9 Å². The quantitative estimate of drug-likeness (QED) is 0.849. The van der Waals surface area contributed by atoms with E-state index in [0.717, 1.165) is 42.7 Å². The predicted molar refractivity (Wildman–Crippen MR) is 90.6 cm³/mol. The number of carboxylic acids is 1. The van der Waals surface area contributed by atoms with Gasteiger partial charge < -0.3 is 10.0 Å². The molecule has 1 N–H and O–H groups in total. The second-order valence-electron chi connectivity index (χ2n) is 5.74. The van der Waals surface area contributed by atoms with E-state index in [1.54, 1.807) is 0 Å². The summed E-state index contributed by atoms with van der Waals surface area (Å²) in [6.07, 6.45) is 1.85. The predicted octanol–water partition coefficient (Wildman–Crippen LogP) is 3.21. The molecule has 1 heterocycles. The van der Waals surface area contributed by atoms with Gasteiger partial charge in [-0.05, 0) is 38.3 Å². The smallest absolute Gasteiger partial charge is 0.360 e. The maximum Gasteiger partial charge on any atom is 0.360 e. The first-order valence-corrected chi connectivity index (χ1v) is 8.01. The minimum absolute atomic E-state index is 0.00637. The highest BCUT2D eigenvalue weighted by molar-refractivity contribution is 5.91. The number of nitrogens with zero attached hydrogens (tertiary/aromatic N) is 4. The van der Waals surface area contributed by atoms with E-state index in [2.05, 4.69) is 24.0 Å². The number of hydrogen-bond acceptors (Lipinski definition) is 4. The van der Waals surface area contributed by atoms with E-state index < -0.39 is 5.97 Å². The maximum atomic E-state index is 11.6. The lowest BCUT2D eigenvalue weighted by atomic mass is 10.1. The largest absolute Gasteiger partial charge is 0.476 e. The SMILES string of the molecule is CCCN(CCC)c1nn(-c2ccc(C)cc2C)nc1C(=O)O. The molecule has 6 heteroatoms. The first-order chi connectivity index (χ1) is 11.0. The average molecular weight is 316 g/mol. The molecular formula is C17H24N4O2. The average Bonchev–Trinajstić information content (AvgIpc) is 2.92. The summed E-state index contributed by atoms with van der Waals surface area (Å²) < 4.78 is 0. The molecule has 0 saturated heterocycles. The summed E-state index contributed by atoms with van der Waals surface area (Å²) in [4.78, 5) is 15.0. The van der Waals surface area contributed by atoms with E-state index >= 15 is 0 Å². The molecule has 1 aromatic carbocycles. The lowest BCUT2D eigenvalue weighted by Gasteiger charge is -2.20. The highest BCUT2D eigenvalue weighted by atomic mass is 16.4. The van der Waals surface area contributed by atoms with Gasteiger partial charge >= 0.3 is 5.97 Å². The van der Waals surface area contributed by atoms with Gasteiger partial charge in [0.05, 0.1) is 5.69 Å². The Hall–Kier alpha value is -2.37. The van der Waals surface area contributed by atoms with Crippen molar-refractivity contribution >= 4 is 11.8 Å². The monoisotopic (exact) mass is 316 g/mol. The van der Waals surface area contributed by atoms with Crippen molar-refractivity contribution < 1.29 is 9.90 Å². The van der Waals surface area contributed by atoms with Crippen LogP contribution in [0.3, 0.4) is 0 Å². The third-order valence-electron chi connectivity index (χ3n) is 3.65. The number of aryl methyl sites for hydroxylation is 2. The van der Waals surface area contributed by atoms with Gasteiger partial charge in [0.2, 0.25) is 5.69 Å². The first kappa shape index (κ1) is 17.0. The van der Waals surface area contributed by atoms with Crippen LogP contribution in [0, 0.1) is 13.8 Å². The molecule has 0 atom stereocenters. The van der Waals surface area contributed by atoms with Crippen molar-refractivity contribution in [2.75, 3.05) is 18.0 Å². The van der Waals surface area contributed by atoms with Gasteiger partial charge in [0.25, 0.3) is 0 Å². The first-order valence-electron chi connectivity index (χ1n) is 8.01. The molecule has 2 rings (SSSR count). The second-order valence-corrected chi connectivity index (χ2v) is 5.74. The molecule has 0 fully saturated rings. The van der Waals surface area contributed by atoms with Crippen LogP contribution in [0.25, 0.3) is 5.69 Å². The Morgan fingerprint density at radius 1 is 1.17 bits per heavy atom. The Labute approximate surface area is 136 Å². The van der Waals surface area contributed by atoms with Crippen LogP contribution in [0.2, 0.25) is 0 Å². The van der Waals surface area contributed by atoms with Crippen molar-refractivity contribution in [2.24, 2.45) is 0 Å². The molecule has 0 bridgehead atoms. The van der Waals surface area contributed by atoms with Gasteiger partial charge in [-0.1, -0.05) is 31.5 Å². The van der Waals surface area contributed by atoms with Crippen LogP contribution in [0.5, 0.6) is 0 Å². The highest BCUT2D eigenvalue weighted by Crippen LogP contribution is 2.21. The zero-order valence-corrected chi connectivity index (χ0v) is 14.2. The summed E-state index contributed by atoms with van der Waals surface area (Å²) in [6, 6.07) is 5.93. The minimum Gasteiger partial charge on any atom is -0.476 e. The van der Waals surface area contributed by atoms with Crippen molar-refractivity contribution in [3.8, 4) is 5.69 Å². The van der Waals surface area contributed by atoms with Gasteiger partial charge in [0.15, 0.2) is 5.82 Å². The van der Waals surface area contributed by atoms with Crippen LogP contribution >= 0.6 is 0 Å². The molecule has 0 spiro atoms. The molecule has 0 saturated carbocycles. The zero-order valence-electron chi connectivity index (χ0n) is 14.2. The Balaban J connectivity index is 2.51. The van der Waals surface area contributed by atoms with E-state index in [1.165, 1.54) is 4.80 Å². The van der Waals surface area contributed by atoms with Crippen LogP contribution in [0.1, 0.15) is 48.3 Å². The van der Waals surface area contributed by atoms with Gasteiger partial charge in [-0.15, -0.1) is 15.0 Å². The molecule has 124 valence electrons. The number of carbonyl (C=O) groups is 1. The van der Waals surface area contributed by atoms with Crippen LogP contribution in [-0.2, 0) is 0 Å². The molecule has 0 radical (unpaired) electrons. The number of benzene rings is 1. The van der Waals surface area contributed by atoms with Gasteiger partial charge in [-0.3, -0.25) is 0 Å². The fourth-order valence-electron chi connectivity index (χ4n) is 2.65. The summed E-state index contributed by atoms with van der Waals surface area (Å²) in [7, 11) is 0. The number of rotatable bonds is 7. The molecule has 0 aliphatic heterocycles. The third-order valence-corrected chi connectivity index (χ3v) is 3.65. The Kier molecular flexibility index (Phi) is 5.36. The zero-order chi connectivity index (χ0) is 17.0. The van der Waals surface area contributed by atoms with E-state index in [-0.39, 0.29) is 5.69 Å². The number of hydrogen-bond donors (Lipinski definition) is 1. The summed E-state index contributed by atoms with van der Waals surface area (Å²) >= 11 is 0. The van der Waals surface area contributed by atoms with E-state index in [9.17, 15) is 9.90 Å². The van der Waals surface area contributed by atoms with Crippen molar-refractivity contribution in [1.29, 1.82) is 0 Å². The fraction of sp³-hybridized carbons (Fsp3) is 0.471. The van der Waals surface area contributed by atoms with Crippen molar-refractivity contribution in [3.05, 3.63) is 35.0 Å².